The van der Waals surface area contributed by atoms with Crippen LogP contribution in [-0.4, -0.2) is 45.3 Å². The quantitative estimate of drug-likeness (QED) is 0.185. The number of amides is 1. The number of nitrogens with zero attached hydrogens (tertiary/aromatic N) is 3. The highest BCUT2D eigenvalue weighted by atomic mass is 35.5. The van der Waals surface area contributed by atoms with Crippen molar-refractivity contribution in [2.45, 2.75) is 57.1 Å². The highest BCUT2D eigenvalue weighted by molar-refractivity contribution is 6.30. The number of ether oxygens (including phenoxy) is 2. The van der Waals surface area contributed by atoms with Gasteiger partial charge in [0.25, 0.3) is 10.2 Å². The fraction of sp³-hybridized carbons (Fsp3) is 0.345. The summed E-state index contributed by atoms with van der Waals surface area (Å²) in [6.45, 7) is 1.84. The summed E-state index contributed by atoms with van der Waals surface area (Å²) in [5, 5.41) is 22.9. The molecule has 1 N–H and O–H groups in total. The van der Waals surface area contributed by atoms with Crippen LogP contribution in [0.5, 0.6) is 5.75 Å². The number of aromatic nitrogens is 1. The number of nitrogens with one attached hydrogen (secondary N) is 1. The third-order valence-corrected chi connectivity index (χ3v) is 7.80. The van der Waals surface area contributed by atoms with E-state index in [9.17, 15) is 29.8 Å². The molecule has 1 saturated carbocycles. The standard InChI is InChI=1S/C29H27ClN4O10/c1-16-26(22-15-41-27(21(22)14-31-16)18-7-9-20(30)10-8-18)42-29(36)23(11-17-5-3-2-4-6-17)32-28(35)19-12-24(43-33(37)38)25(13-19)44-34(39)40/h2-10,14,19,23-25,27H,11-13,15H2,1H3,(H,32,35)/t19?,23-,24-,25+,27+/m1/s1. The molecule has 3 aromatic rings. The van der Waals surface area contributed by atoms with E-state index in [0.717, 1.165) is 16.7 Å². The number of rotatable bonds is 11. The van der Waals surface area contributed by atoms with Gasteiger partial charge in [0.15, 0.2) is 5.75 Å². The van der Waals surface area contributed by atoms with Crippen LogP contribution in [0.2, 0.25) is 5.02 Å². The van der Waals surface area contributed by atoms with Gasteiger partial charge in [0.2, 0.25) is 5.91 Å². The SMILES string of the molecule is Cc1ncc2c(c1OC(=O)[C@@H](Cc1ccccc1)NC(=O)C1C[C@H](O[N+](=O)[O-])[C@H](O[N+](=O)[O-])C1)CO[C@H]2c1ccc(Cl)cc1. The molecule has 2 aliphatic rings. The third-order valence-electron chi connectivity index (χ3n) is 7.55. The number of pyridine rings is 1. The van der Waals surface area contributed by atoms with E-state index in [-0.39, 0.29) is 31.6 Å². The van der Waals surface area contributed by atoms with Gasteiger partial charge in [-0.05, 0) is 43.0 Å². The monoisotopic (exact) mass is 626 g/mol. The molecule has 14 nitrogen and oxygen atoms in total. The van der Waals surface area contributed by atoms with Crippen LogP contribution in [0.1, 0.15) is 46.9 Å². The number of hydrogen-bond donors (Lipinski definition) is 1. The molecule has 1 fully saturated rings. The smallest absolute Gasteiger partial charge is 0.334 e. The van der Waals surface area contributed by atoms with Crippen molar-refractivity contribution in [3.8, 4) is 5.75 Å². The first-order chi connectivity index (χ1) is 21.1. The first-order valence-electron chi connectivity index (χ1n) is 13.6. The molecule has 15 heteroatoms. The second-order valence-corrected chi connectivity index (χ2v) is 10.9. The molecule has 1 amide bonds. The topological polar surface area (TPSA) is 182 Å². The molecule has 0 spiro atoms. The lowest BCUT2D eigenvalue weighted by atomic mass is 10.00. The second-order valence-electron chi connectivity index (χ2n) is 10.4. The van der Waals surface area contributed by atoms with Gasteiger partial charge in [-0.3, -0.25) is 9.78 Å². The molecule has 44 heavy (non-hydrogen) atoms. The Bertz CT molecular complexity index is 1530. The van der Waals surface area contributed by atoms with Crippen molar-refractivity contribution in [2.24, 2.45) is 5.92 Å². The molecular weight excluding hydrogens is 600 g/mol. The van der Waals surface area contributed by atoms with Crippen molar-refractivity contribution in [1.82, 2.24) is 10.3 Å². The Labute approximate surface area is 255 Å². The number of aryl methyl sites for hydroxylation is 1. The normalized spacial score (nSPS) is 21.1. The molecule has 1 aliphatic heterocycles. The van der Waals surface area contributed by atoms with E-state index >= 15 is 0 Å². The molecule has 1 aliphatic carbocycles. The van der Waals surface area contributed by atoms with E-state index in [4.69, 9.17) is 21.1 Å². The van der Waals surface area contributed by atoms with Gasteiger partial charge in [-0.25, -0.2) is 4.79 Å². The van der Waals surface area contributed by atoms with Gasteiger partial charge in [0.1, 0.15) is 24.4 Å². The van der Waals surface area contributed by atoms with Gasteiger partial charge in [0.05, 0.1) is 12.3 Å². The number of fused-ring (bicyclic) bond motifs is 1. The first-order valence-corrected chi connectivity index (χ1v) is 14.0. The van der Waals surface area contributed by atoms with Gasteiger partial charge in [0, 0.05) is 34.7 Å². The van der Waals surface area contributed by atoms with Gasteiger partial charge < -0.3 is 24.5 Å². The molecule has 2 heterocycles. The zero-order valence-electron chi connectivity index (χ0n) is 23.3. The van der Waals surface area contributed by atoms with Crippen LogP contribution in [0.25, 0.3) is 0 Å². The average Bonchev–Trinajstić information content (AvgIpc) is 3.59. The van der Waals surface area contributed by atoms with Gasteiger partial charge in [-0.2, -0.15) is 0 Å². The van der Waals surface area contributed by atoms with Crippen LogP contribution in [0.3, 0.4) is 0 Å². The maximum atomic E-state index is 13.7. The van der Waals surface area contributed by atoms with E-state index in [0.29, 0.717) is 16.3 Å². The highest BCUT2D eigenvalue weighted by Crippen LogP contribution is 2.41. The molecule has 1 unspecified atom stereocenters. The minimum Gasteiger partial charge on any atom is -0.423 e. The van der Waals surface area contributed by atoms with Crippen molar-refractivity contribution < 1.29 is 38.9 Å². The van der Waals surface area contributed by atoms with Gasteiger partial charge >= 0.3 is 5.97 Å². The zero-order valence-corrected chi connectivity index (χ0v) is 24.0. The van der Waals surface area contributed by atoms with Crippen molar-refractivity contribution in [3.63, 3.8) is 0 Å². The lowest BCUT2D eigenvalue weighted by Gasteiger charge is -2.21. The third kappa shape index (κ3) is 7.03. The molecule has 0 radical (unpaired) electrons. The Kier molecular flexibility index (Phi) is 9.20. The van der Waals surface area contributed by atoms with Crippen LogP contribution in [0, 0.1) is 33.1 Å². The molecular formula is C29H27ClN4O10. The van der Waals surface area contributed by atoms with Crippen molar-refractivity contribution in [1.29, 1.82) is 0 Å². The highest BCUT2D eigenvalue weighted by Gasteiger charge is 2.43. The van der Waals surface area contributed by atoms with E-state index in [1.807, 2.05) is 12.1 Å². The summed E-state index contributed by atoms with van der Waals surface area (Å²) in [4.78, 5) is 62.3. The summed E-state index contributed by atoms with van der Waals surface area (Å²) in [5.41, 5.74) is 3.39. The molecule has 5 rings (SSSR count). The van der Waals surface area contributed by atoms with E-state index in [1.54, 1.807) is 55.6 Å². The predicted octanol–water partition coefficient (Wildman–Crippen LogP) is 3.86. The van der Waals surface area contributed by atoms with Crippen molar-refractivity contribution in [2.75, 3.05) is 0 Å². The molecule has 0 saturated heterocycles. The summed E-state index contributed by atoms with van der Waals surface area (Å²) >= 11 is 6.03. The Balaban J connectivity index is 1.36. The number of esters is 1. The first kappa shape index (κ1) is 30.6. The Morgan fingerprint density at radius 2 is 1.68 bits per heavy atom. The molecule has 0 bridgehead atoms. The zero-order chi connectivity index (χ0) is 31.4. The summed E-state index contributed by atoms with van der Waals surface area (Å²) in [6, 6.07) is 14.9. The van der Waals surface area contributed by atoms with Crippen LogP contribution < -0.4 is 10.1 Å². The minimum absolute atomic E-state index is 0.0627. The number of carbonyl (C=O) groups is 2. The maximum Gasteiger partial charge on any atom is 0.334 e. The Hall–Kier alpha value is -4.82. The summed E-state index contributed by atoms with van der Waals surface area (Å²) < 4.78 is 11.9. The Morgan fingerprint density at radius 1 is 1.05 bits per heavy atom. The largest absolute Gasteiger partial charge is 0.423 e. The second kappa shape index (κ2) is 13.2. The fourth-order valence-electron chi connectivity index (χ4n) is 5.45. The summed E-state index contributed by atoms with van der Waals surface area (Å²) in [6.07, 6.45) is -1.83. The average molecular weight is 627 g/mol. The Morgan fingerprint density at radius 3 is 2.30 bits per heavy atom. The van der Waals surface area contributed by atoms with Crippen LogP contribution >= 0.6 is 11.6 Å². The number of halogens is 1. The molecule has 1 aromatic heterocycles. The van der Waals surface area contributed by atoms with Gasteiger partial charge in [-0.15, -0.1) is 20.2 Å². The lowest BCUT2D eigenvalue weighted by molar-refractivity contribution is -0.797. The maximum absolute atomic E-state index is 13.7. The number of hydrogen-bond acceptors (Lipinski definition) is 11. The summed E-state index contributed by atoms with van der Waals surface area (Å²) in [7, 11) is 0. The summed E-state index contributed by atoms with van der Waals surface area (Å²) in [5.74, 6) is -2.18. The van der Waals surface area contributed by atoms with E-state index in [1.165, 1.54) is 0 Å². The van der Waals surface area contributed by atoms with Crippen molar-refractivity contribution >= 4 is 23.5 Å². The predicted molar refractivity (Wildman–Crippen MR) is 151 cm³/mol. The van der Waals surface area contributed by atoms with Gasteiger partial charge in [-0.1, -0.05) is 54.1 Å². The molecule has 5 atom stereocenters. The van der Waals surface area contributed by atoms with Crippen LogP contribution in [0.4, 0.5) is 0 Å². The van der Waals surface area contributed by atoms with E-state index in [2.05, 4.69) is 20.0 Å². The van der Waals surface area contributed by atoms with Crippen LogP contribution in [-0.2, 0) is 37.0 Å². The van der Waals surface area contributed by atoms with E-state index < -0.39 is 52.3 Å². The lowest BCUT2D eigenvalue weighted by Crippen LogP contribution is -2.46. The molecule has 2 aromatic carbocycles. The number of carbonyl (C=O) groups excluding carboxylic acids is 2. The van der Waals surface area contributed by atoms with Crippen LogP contribution in [0.15, 0.2) is 60.8 Å². The number of benzene rings is 2. The fourth-order valence-corrected chi connectivity index (χ4v) is 5.58. The van der Waals surface area contributed by atoms with Crippen molar-refractivity contribution in [3.05, 3.63) is 114 Å². The minimum atomic E-state index is -1.33. The molecule has 230 valence electrons.